The van der Waals surface area contributed by atoms with Crippen LogP contribution in [-0.4, -0.2) is 53.4 Å². The molecule has 1 N–H and O–H groups in total. The Morgan fingerprint density at radius 2 is 2.00 bits per heavy atom. The fourth-order valence-corrected chi connectivity index (χ4v) is 4.43. The van der Waals surface area contributed by atoms with E-state index < -0.39 is 18.2 Å². The number of nitrogens with zero attached hydrogens (tertiary/aromatic N) is 2. The SMILES string of the molecule is CCN1C(=O)c2ccccc2N2C(=O)CC[C@]12C(=O)OCC(=O)N[C@H](C)C1CC1. The van der Waals surface area contributed by atoms with Gasteiger partial charge in [-0.3, -0.25) is 19.3 Å². The van der Waals surface area contributed by atoms with E-state index in [2.05, 4.69) is 5.32 Å². The average molecular weight is 399 g/mol. The van der Waals surface area contributed by atoms with Gasteiger partial charge in [0.15, 0.2) is 6.61 Å². The molecule has 1 aromatic carbocycles. The van der Waals surface area contributed by atoms with Gasteiger partial charge in [0, 0.05) is 25.4 Å². The van der Waals surface area contributed by atoms with Crippen molar-refractivity contribution in [1.82, 2.24) is 10.2 Å². The first kappa shape index (κ1) is 19.4. The van der Waals surface area contributed by atoms with Gasteiger partial charge in [-0.25, -0.2) is 4.79 Å². The molecule has 1 aromatic rings. The van der Waals surface area contributed by atoms with Crippen LogP contribution < -0.4 is 10.2 Å². The Labute approximate surface area is 169 Å². The lowest BCUT2D eigenvalue weighted by molar-refractivity contribution is -0.160. The topological polar surface area (TPSA) is 96.0 Å². The second kappa shape index (κ2) is 7.17. The van der Waals surface area contributed by atoms with Crippen LogP contribution in [0.1, 0.15) is 49.9 Å². The first-order valence-corrected chi connectivity index (χ1v) is 10.1. The molecule has 2 aliphatic heterocycles. The minimum absolute atomic E-state index is 0.0409. The third-order valence-electron chi connectivity index (χ3n) is 6.07. The average Bonchev–Trinajstić information content (AvgIpc) is 3.50. The zero-order chi connectivity index (χ0) is 20.8. The van der Waals surface area contributed by atoms with Crippen molar-refractivity contribution in [1.29, 1.82) is 0 Å². The summed E-state index contributed by atoms with van der Waals surface area (Å²) in [5.74, 6) is -1.21. The number of esters is 1. The van der Waals surface area contributed by atoms with Crippen LogP contribution in [0.5, 0.6) is 0 Å². The van der Waals surface area contributed by atoms with Crippen molar-refractivity contribution >= 4 is 29.4 Å². The van der Waals surface area contributed by atoms with E-state index in [4.69, 9.17) is 4.74 Å². The van der Waals surface area contributed by atoms with Crippen LogP contribution in [0.25, 0.3) is 0 Å². The molecule has 3 amide bonds. The highest BCUT2D eigenvalue weighted by Crippen LogP contribution is 2.44. The summed E-state index contributed by atoms with van der Waals surface area (Å²) >= 11 is 0. The minimum atomic E-state index is -1.54. The predicted octanol–water partition coefficient (Wildman–Crippen LogP) is 1.44. The molecule has 2 heterocycles. The van der Waals surface area contributed by atoms with Crippen molar-refractivity contribution in [2.45, 2.75) is 51.2 Å². The van der Waals surface area contributed by atoms with E-state index in [1.165, 1.54) is 9.80 Å². The van der Waals surface area contributed by atoms with Crippen molar-refractivity contribution in [3.8, 4) is 0 Å². The molecule has 3 aliphatic rings. The minimum Gasteiger partial charge on any atom is -0.452 e. The predicted molar refractivity (Wildman–Crippen MR) is 104 cm³/mol. The zero-order valence-electron chi connectivity index (χ0n) is 16.6. The lowest BCUT2D eigenvalue weighted by Gasteiger charge is -2.47. The van der Waals surface area contributed by atoms with Gasteiger partial charge in [-0.2, -0.15) is 0 Å². The highest BCUT2D eigenvalue weighted by Gasteiger charge is 2.61. The molecule has 8 heteroatoms. The largest absolute Gasteiger partial charge is 0.452 e. The number of anilines is 1. The molecule has 29 heavy (non-hydrogen) atoms. The van der Waals surface area contributed by atoms with Crippen LogP contribution in [0.4, 0.5) is 5.69 Å². The number of rotatable bonds is 6. The monoisotopic (exact) mass is 399 g/mol. The summed E-state index contributed by atoms with van der Waals surface area (Å²) in [6.07, 6.45) is 2.44. The summed E-state index contributed by atoms with van der Waals surface area (Å²) in [5, 5.41) is 2.84. The Morgan fingerprint density at radius 3 is 2.69 bits per heavy atom. The number of likely N-dealkylation sites (N-methyl/N-ethyl adjacent to an activating group) is 1. The highest BCUT2D eigenvalue weighted by atomic mass is 16.5. The van der Waals surface area contributed by atoms with E-state index in [-0.39, 0.29) is 43.1 Å². The number of carbonyl (C=O) groups is 4. The summed E-state index contributed by atoms with van der Waals surface area (Å²) in [5.41, 5.74) is -0.753. The molecular formula is C21H25N3O5. The van der Waals surface area contributed by atoms with E-state index >= 15 is 0 Å². The quantitative estimate of drug-likeness (QED) is 0.731. The van der Waals surface area contributed by atoms with Gasteiger partial charge in [0.2, 0.25) is 11.6 Å². The van der Waals surface area contributed by atoms with Gasteiger partial charge in [-0.05, 0) is 44.7 Å². The molecule has 0 bridgehead atoms. The zero-order valence-corrected chi connectivity index (χ0v) is 16.6. The number of hydrogen-bond acceptors (Lipinski definition) is 5. The molecule has 0 spiro atoms. The Balaban J connectivity index is 1.59. The fraction of sp³-hybridized carbons (Fsp3) is 0.524. The molecule has 4 rings (SSSR count). The molecule has 0 radical (unpaired) electrons. The fourth-order valence-electron chi connectivity index (χ4n) is 4.43. The van der Waals surface area contributed by atoms with Crippen molar-refractivity contribution in [3.63, 3.8) is 0 Å². The summed E-state index contributed by atoms with van der Waals surface area (Å²) in [6, 6.07) is 6.80. The van der Waals surface area contributed by atoms with E-state index in [1.807, 2.05) is 6.92 Å². The first-order valence-electron chi connectivity index (χ1n) is 10.1. The molecule has 8 nitrogen and oxygen atoms in total. The number of fused-ring (bicyclic) bond motifs is 3. The van der Waals surface area contributed by atoms with Crippen molar-refractivity contribution < 1.29 is 23.9 Å². The highest BCUT2D eigenvalue weighted by molar-refractivity contribution is 6.15. The lowest BCUT2D eigenvalue weighted by atomic mass is 9.96. The third kappa shape index (κ3) is 3.07. The summed E-state index contributed by atoms with van der Waals surface area (Å²) in [7, 11) is 0. The summed E-state index contributed by atoms with van der Waals surface area (Å²) < 4.78 is 5.35. The molecule has 154 valence electrons. The molecule has 1 aliphatic carbocycles. The molecule has 0 aromatic heterocycles. The van der Waals surface area contributed by atoms with Gasteiger partial charge in [-0.1, -0.05) is 12.1 Å². The first-order chi connectivity index (χ1) is 13.9. The van der Waals surface area contributed by atoms with E-state index in [0.29, 0.717) is 17.2 Å². The van der Waals surface area contributed by atoms with Gasteiger partial charge in [0.1, 0.15) is 0 Å². The second-order valence-electron chi connectivity index (χ2n) is 7.88. The Hall–Kier alpha value is -2.90. The molecule has 1 saturated heterocycles. The van der Waals surface area contributed by atoms with Crippen molar-refractivity contribution in [2.24, 2.45) is 5.92 Å². The summed E-state index contributed by atoms with van der Waals surface area (Å²) in [6.45, 7) is 3.49. The van der Waals surface area contributed by atoms with E-state index in [9.17, 15) is 19.2 Å². The van der Waals surface area contributed by atoms with E-state index in [1.54, 1.807) is 31.2 Å². The van der Waals surface area contributed by atoms with Crippen LogP contribution >= 0.6 is 0 Å². The number of hydrogen-bond donors (Lipinski definition) is 1. The molecule has 1 saturated carbocycles. The molecule has 0 unspecified atom stereocenters. The molecule has 2 atom stereocenters. The van der Waals surface area contributed by atoms with Crippen LogP contribution in [0.3, 0.4) is 0 Å². The normalized spacial score (nSPS) is 24.1. The Kier molecular flexibility index (Phi) is 4.80. The van der Waals surface area contributed by atoms with Gasteiger partial charge in [0.25, 0.3) is 11.8 Å². The van der Waals surface area contributed by atoms with Gasteiger partial charge < -0.3 is 15.0 Å². The number of nitrogens with one attached hydrogen (secondary N) is 1. The molecule has 2 fully saturated rings. The summed E-state index contributed by atoms with van der Waals surface area (Å²) in [4.78, 5) is 54.0. The third-order valence-corrected chi connectivity index (χ3v) is 6.07. The number of carbonyl (C=O) groups excluding carboxylic acids is 4. The van der Waals surface area contributed by atoms with Crippen LogP contribution in [0.15, 0.2) is 24.3 Å². The van der Waals surface area contributed by atoms with Gasteiger partial charge in [0.05, 0.1) is 11.3 Å². The van der Waals surface area contributed by atoms with Gasteiger partial charge >= 0.3 is 5.97 Å². The second-order valence-corrected chi connectivity index (χ2v) is 7.88. The number of amides is 3. The van der Waals surface area contributed by atoms with Crippen molar-refractivity contribution in [3.05, 3.63) is 29.8 Å². The van der Waals surface area contributed by atoms with E-state index in [0.717, 1.165) is 12.8 Å². The van der Waals surface area contributed by atoms with Crippen molar-refractivity contribution in [2.75, 3.05) is 18.1 Å². The molecular weight excluding hydrogens is 374 g/mol. The Bertz CT molecular complexity index is 881. The number of ether oxygens (including phenoxy) is 1. The Morgan fingerprint density at radius 1 is 1.28 bits per heavy atom. The van der Waals surface area contributed by atoms with Crippen LogP contribution in [0, 0.1) is 5.92 Å². The maximum absolute atomic E-state index is 13.2. The maximum Gasteiger partial charge on any atom is 0.354 e. The standard InChI is InChI=1S/C21H25N3O5/c1-3-23-19(27)15-6-4-5-7-16(15)24-18(26)10-11-21(23,24)20(28)29-12-17(25)22-13(2)14-8-9-14/h4-7,13-14H,3,8-12H2,1-2H3,(H,22,25)/t13-,21+/m1/s1. The van der Waals surface area contributed by atoms with Crippen LogP contribution in [-0.2, 0) is 19.1 Å². The number of para-hydroxylation sites is 1. The smallest absolute Gasteiger partial charge is 0.354 e. The lowest BCUT2D eigenvalue weighted by Crippen LogP contribution is -2.68. The van der Waals surface area contributed by atoms with Crippen LogP contribution in [0.2, 0.25) is 0 Å². The number of benzene rings is 1. The van der Waals surface area contributed by atoms with Gasteiger partial charge in [-0.15, -0.1) is 0 Å². The maximum atomic E-state index is 13.2.